The molecule has 0 aliphatic rings. The fourth-order valence-corrected chi connectivity index (χ4v) is 2.82. The van der Waals surface area contributed by atoms with Crippen LogP contribution in [0.3, 0.4) is 0 Å². The molecule has 0 aliphatic carbocycles. The van der Waals surface area contributed by atoms with E-state index >= 15 is 0 Å². The average Bonchev–Trinajstić information content (AvgIpc) is 2.45. The third-order valence-electron chi connectivity index (χ3n) is 2.60. The molecule has 0 radical (unpaired) electrons. The predicted octanol–water partition coefficient (Wildman–Crippen LogP) is 4.06. The summed E-state index contributed by atoms with van der Waals surface area (Å²) in [6.45, 7) is 0. The number of rotatable bonds is 4. The van der Waals surface area contributed by atoms with Gasteiger partial charge in [0.1, 0.15) is 5.75 Å². The van der Waals surface area contributed by atoms with Gasteiger partial charge < -0.3 is 10.2 Å². The van der Waals surface area contributed by atoms with Crippen molar-refractivity contribution in [3.05, 3.63) is 56.5 Å². The van der Waals surface area contributed by atoms with Crippen molar-refractivity contribution in [2.45, 2.75) is 0 Å². The molecular weight excluding hydrogens is 404 g/mol. The monoisotopic (exact) mass is 412 g/mol. The standard InChI is InChI=1S/C14H10Br2N2O3/c15-10-5-8(6-11(16)13(10)19)7-17-18-12-4-2-1-3-9(12)14(20)21/h1-7,18-19H,(H,20,21)/b17-7-. The highest BCUT2D eigenvalue weighted by atomic mass is 79.9. The Kier molecular flexibility index (Phi) is 4.98. The number of carboxylic acid groups (broad SMARTS) is 1. The number of phenols is 1. The number of aromatic carboxylic acids is 1. The maximum atomic E-state index is 11.0. The van der Waals surface area contributed by atoms with Crippen LogP contribution in [-0.4, -0.2) is 22.4 Å². The predicted molar refractivity (Wildman–Crippen MR) is 88.1 cm³/mol. The molecular formula is C14H10Br2N2O3. The fourth-order valence-electron chi connectivity index (χ4n) is 1.60. The number of nitrogens with zero attached hydrogens (tertiary/aromatic N) is 1. The van der Waals surface area contributed by atoms with Crippen LogP contribution < -0.4 is 5.43 Å². The van der Waals surface area contributed by atoms with Crippen LogP contribution in [0.4, 0.5) is 5.69 Å². The number of hydrogen-bond acceptors (Lipinski definition) is 4. The molecule has 0 saturated heterocycles. The lowest BCUT2D eigenvalue weighted by Crippen LogP contribution is -2.02. The number of hydrogen-bond donors (Lipinski definition) is 3. The van der Waals surface area contributed by atoms with Gasteiger partial charge >= 0.3 is 5.97 Å². The quantitative estimate of drug-likeness (QED) is 0.521. The average molecular weight is 414 g/mol. The van der Waals surface area contributed by atoms with Gasteiger partial charge in [-0.15, -0.1) is 0 Å². The molecule has 0 spiro atoms. The van der Waals surface area contributed by atoms with E-state index in [0.717, 1.165) is 5.56 Å². The maximum absolute atomic E-state index is 11.0. The zero-order chi connectivity index (χ0) is 15.4. The third-order valence-corrected chi connectivity index (χ3v) is 3.80. The molecule has 3 N–H and O–H groups in total. The Labute approximate surface area is 137 Å². The SMILES string of the molecule is O=C(O)c1ccccc1N/N=C\c1cc(Br)c(O)c(Br)c1. The summed E-state index contributed by atoms with van der Waals surface area (Å²) in [5, 5.41) is 22.7. The molecule has 0 heterocycles. The first-order valence-corrected chi connectivity index (χ1v) is 7.37. The van der Waals surface area contributed by atoms with E-state index in [1.165, 1.54) is 12.3 Å². The molecule has 0 saturated carbocycles. The van der Waals surface area contributed by atoms with E-state index in [-0.39, 0.29) is 11.3 Å². The largest absolute Gasteiger partial charge is 0.506 e. The summed E-state index contributed by atoms with van der Waals surface area (Å²) in [5.41, 5.74) is 3.96. The van der Waals surface area contributed by atoms with E-state index in [4.69, 9.17) is 5.11 Å². The number of anilines is 1. The first-order chi connectivity index (χ1) is 9.99. The highest BCUT2D eigenvalue weighted by Gasteiger charge is 2.08. The molecule has 21 heavy (non-hydrogen) atoms. The molecule has 0 fully saturated rings. The Morgan fingerprint density at radius 1 is 1.19 bits per heavy atom. The second-order valence-electron chi connectivity index (χ2n) is 4.05. The van der Waals surface area contributed by atoms with E-state index in [1.54, 1.807) is 30.3 Å². The Hall–Kier alpha value is -1.86. The summed E-state index contributed by atoms with van der Waals surface area (Å²) >= 11 is 6.45. The van der Waals surface area contributed by atoms with E-state index in [1.807, 2.05) is 0 Å². The fraction of sp³-hybridized carbons (Fsp3) is 0. The van der Waals surface area contributed by atoms with Gasteiger partial charge in [0.05, 0.1) is 26.4 Å². The van der Waals surface area contributed by atoms with Crippen molar-refractivity contribution in [3.8, 4) is 5.75 Å². The number of carbonyl (C=O) groups is 1. The lowest BCUT2D eigenvalue weighted by Gasteiger charge is -2.05. The minimum Gasteiger partial charge on any atom is -0.506 e. The molecule has 5 nitrogen and oxygen atoms in total. The zero-order valence-corrected chi connectivity index (χ0v) is 13.7. The molecule has 0 unspecified atom stereocenters. The molecule has 0 aromatic heterocycles. The van der Waals surface area contributed by atoms with Crippen LogP contribution in [0.5, 0.6) is 5.75 Å². The summed E-state index contributed by atoms with van der Waals surface area (Å²) < 4.78 is 1.06. The Morgan fingerprint density at radius 2 is 1.81 bits per heavy atom. The molecule has 108 valence electrons. The van der Waals surface area contributed by atoms with Crippen molar-refractivity contribution in [3.63, 3.8) is 0 Å². The lowest BCUT2D eigenvalue weighted by atomic mass is 10.2. The van der Waals surface area contributed by atoms with Gasteiger partial charge in [0.25, 0.3) is 0 Å². The first kappa shape index (κ1) is 15.5. The lowest BCUT2D eigenvalue weighted by molar-refractivity contribution is 0.0698. The highest BCUT2D eigenvalue weighted by Crippen LogP contribution is 2.32. The van der Waals surface area contributed by atoms with Crippen molar-refractivity contribution in [1.29, 1.82) is 0 Å². The number of para-hydroxylation sites is 1. The Bertz CT molecular complexity index is 694. The Balaban J connectivity index is 2.19. The summed E-state index contributed by atoms with van der Waals surface area (Å²) in [6.07, 6.45) is 1.52. The second-order valence-corrected chi connectivity index (χ2v) is 5.76. The molecule has 0 bridgehead atoms. The minimum absolute atomic E-state index is 0.108. The normalized spacial score (nSPS) is 10.8. The number of carboxylic acids is 1. The zero-order valence-electron chi connectivity index (χ0n) is 10.5. The van der Waals surface area contributed by atoms with Crippen LogP contribution in [0.25, 0.3) is 0 Å². The molecule has 2 aromatic rings. The summed E-state index contributed by atoms with van der Waals surface area (Å²) in [4.78, 5) is 11.0. The number of phenolic OH excluding ortho intramolecular Hbond substituents is 1. The third kappa shape index (κ3) is 3.83. The summed E-state index contributed by atoms with van der Waals surface area (Å²) in [5.74, 6) is -0.917. The van der Waals surface area contributed by atoms with Crippen molar-refractivity contribution in [2.75, 3.05) is 5.43 Å². The van der Waals surface area contributed by atoms with E-state index in [0.29, 0.717) is 14.6 Å². The molecule has 0 amide bonds. The van der Waals surface area contributed by atoms with Gasteiger partial charge in [-0.2, -0.15) is 5.10 Å². The van der Waals surface area contributed by atoms with Gasteiger partial charge in [-0.1, -0.05) is 12.1 Å². The molecule has 0 aliphatic heterocycles. The molecule has 0 atom stereocenters. The van der Waals surface area contributed by atoms with Gasteiger partial charge in [-0.05, 0) is 61.7 Å². The first-order valence-electron chi connectivity index (χ1n) is 5.78. The van der Waals surface area contributed by atoms with Crippen molar-refractivity contribution in [2.24, 2.45) is 5.10 Å². The smallest absolute Gasteiger partial charge is 0.337 e. The molecule has 2 aromatic carbocycles. The van der Waals surface area contributed by atoms with Crippen LogP contribution in [-0.2, 0) is 0 Å². The summed E-state index contributed by atoms with van der Waals surface area (Å²) in [7, 11) is 0. The van der Waals surface area contributed by atoms with Crippen LogP contribution in [0.15, 0.2) is 50.4 Å². The van der Waals surface area contributed by atoms with Crippen molar-refractivity contribution < 1.29 is 15.0 Å². The Morgan fingerprint density at radius 3 is 2.43 bits per heavy atom. The second kappa shape index (κ2) is 6.73. The van der Waals surface area contributed by atoms with Gasteiger partial charge in [0.2, 0.25) is 0 Å². The van der Waals surface area contributed by atoms with Crippen LogP contribution in [0, 0.1) is 0 Å². The van der Waals surface area contributed by atoms with Gasteiger partial charge in [0.15, 0.2) is 0 Å². The van der Waals surface area contributed by atoms with Gasteiger partial charge in [0, 0.05) is 0 Å². The number of hydrazone groups is 1. The minimum atomic E-state index is -1.02. The number of benzene rings is 2. The van der Waals surface area contributed by atoms with E-state index < -0.39 is 5.97 Å². The van der Waals surface area contributed by atoms with Crippen LogP contribution in [0.1, 0.15) is 15.9 Å². The van der Waals surface area contributed by atoms with E-state index in [2.05, 4.69) is 42.4 Å². The van der Waals surface area contributed by atoms with Crippen molar-refractivity contribution in [1.82, 2.24) is 0 Å². The van der Waals surface area contributed by atoms with Crippen LogP contribution >= 0.6 is 31.9 Å². The molecule has 7 heteroatoms. The van der Waals surface area contributed by atoms with Crippen molar-refractivity contribution >= 4 is 49.7 Å². The van der Waals surface area contributed by atoms with Gasteiger partial charge in [-0.3, -0.25) is 5.43 Å². The number of aromatic hydroxyl groups is 1. The number of halogens is 2. The van der Waals surface area contributed by atoms with E-state index in [9.17, 15) is 9.90 Å². The maximum Gasteiger partial charge on any atom is 0.337 e. The van der Waals surface area contributed by atoms with Crippen LogP contribution in [0.2, 0.25) is 0 Å². The summed E-state index contributed by atoms with van der Waals surface area (Å²) in [6, 6.07) is 9.87. The highest BCUT2D eigenvalue weighted by molar-refractivity contribution is 9.11. The number of nitrogens with one attached hydrogen (secondary N) is 1. The topological polar surface area (TPSA) is 81.9 Å². The van der Waals surface area contributed by atoms with Gasteiger partial charge in [-0.25, -0.2) is 4.79 Å². The molecule has 2 rings (SSSR count).